The fourth-order valence-corrected chi connectivity index (χ4v) is 5.73. The van der Waals surface area contributed by atoms with E-state index in [4.69, 9.17) is 9.15 Å². The molecule has 0 saturated heterocycles. The Morgan fingerprint density at radius 3 is 2.21 bits per heavy atom. The topological polar surface area (TPSA) is 118 Å². The van der Waals surface area contributed by atoms with Crippen molar-refractivity contribution < 1.29 is 27.2 Å². The molecule has 226 valence electrons. The van der Waals surface area contributed by atoms with Gasteiger partial charge >= 0.3 is 0 Å². The first-order valence-electron chi connectivity index (χ1n) is 14.1. The third-order valence-electron chi connectivity index (χ3n) is 7.00. The Bertz CT molecular complexity index is 1560. The number of methoxy groups -OCH3 is 1. The zero-order valence-corrected chi connectivity index (χ0v) is 25.2. The quantitative estimate of drug-likeness (QED) is 0.207. The van der Waals surface area contributed by atoms with Gasteiger partial charge in [-0.05, 0) is 59.5 Å². The minimum atomic E-state index is -3.57. The summed E-state index contributed by atoms with van der Waals surface area (Å²) in [5, 5.41) is 2.94. The van der Waals surface area contributed by atoms with E-state index in [-0.39, 0.29) is 36.2 Å². The van der Waals surface area contributed by atoms with Crippen molar-refractivity contribution in [3.05, 3.63) is 120 Å². The highest BCUT2D eigenvalue weighted by molar-refractivity contribution is 7.89. The predicted octanol–water partition coefficient (Wildman–Crippen LogP) is 4.48. The molecule has 2 amide bonds. The van der Waals surface area contributed by atoms with E-state index in [9.17, 15) is 18.0 Å². The summed E-state index contributed by atoms with van der Waals surface area (Å²) in [5.74, 6) is 0.812. The van der Waals surface area contributed by atoms with Crippen molar-refractivity contribution in [2.75, 3.05) is 13.7 Å². The van der Waals surface area contributed by atoms with Crippen LogP contribution in [0.3, 0.4) is 0 Å². The minimum absolute atomic E-state index is 0.131. The highest BCUT2D eigenvalue weighted by Crippen LogP contribution is 2.20. The molecule has 0 bridgehead atoms. The Balaban J connectivity index is 1.58. The summed E-state index contributed by atoms with van der Waals surface area (Å²) in [6, 6.07) is 26.2. The fraction of sp³-hybridized carbons (Fsp3) is 0.273. The molecule has 3 aromatic carbocycles. The molecule has 1 heterocycles. The van der Waals surface area contributed by atoms with Crippen molar-refractivity contribution in [2.24, 2.45) is 0 Å². The fourth-order valence-electron chi connectivity index (χ4n) is 4.69. The van der Waals surface area contributed by atoms with Gasteiger partial charge in [0.15, 0.2) is 0 Å². The Labute approximate surface area is 252 Å². The maximum Gasteiger partial charge on any atom is 0.243 e. The van der Waals surface area contributed by atoms with E-state index in [0.717, 1.165) is 16.7 Å². The number of amides is 2. The molecule has 43 heavy (non-hydrogen) atoms. The van der Waals surface area contributed by atoms with Crippen molar-refractivity contribution in [3.63, 3.8) is 0 Å². The summed E-state index contributed by atoms with van der Waals surface area (Å²) in [7, 11) is -1.98. The number of nitrogens with one attached hydrogen (secondary N) is 2. The molecule has 4 rings (SSSR count). The molecule has 0 unspecified atom stereocenters. The Hall–Kier alpha value is -4.41. The van der Waals surface area contributed by atoms with Crippen LogP contribution in [0.4, 0.5) is 0 Å². The van der Waals surface area contributed by atoms with Crippen LogP contribution in [-0.4, -0.2) is 44.8 Å². The maximum absolute atomic E-state index is 13.9. The number of rotatable bonds is 15. The molecule has 0 spiro atoms. The van der Waals surface area contributed by atoms with E-state index >= 15 is 0 Å². The number of carbonyl (C=O) groups is 2. The lowest BCUT2D eigenvalue weighted by atomic mass is 10.0. The van der Waals surface area contributed by atoms with Crippen LogP contribution in [0.2, 0.25) is 0 Å². The zero-order chi connectivity index (χ0) is 30.7. The normalized spacial score (nSPS) is 12.0. The molecule has 9 nitrogen and oxygen atoms in total. The molecule has 0 aliphatic carbocycles. The molecule has 0 fully saturated rings. The van der Waals surface area contributed by atoms with E-state index in [0.29, 0.717) is 30.9 Å². The van der Waals surface area contributed by atoms with E-state index in [1.54, 1.807) is 49.5 Å². The van der Waals surface area contributed by atoms with Crippen LogP contribution >= 0.6 is 0 Å². The monoisotopic (exact) mass is 603 g/mol. The number of ether oxygens (including phenoxy) is 1. The van der Waals surface area contributed by atoms with E-state index in [1.807, 2.05) is 54.6 Å². The van der Waals surface area contributed by atoms with E-state index < -0.39 is 16.1 Å². The van der Waals surface area contributed by atoms with Gasteiger partial charge in [-0.25, -0.2) is 13.1 Å². The number of sulfonamides is 1. The maximum atomic E-state index is 13.9. The Kier molecular flexibility index (Phi) is 11.1. The van der Waals surface area contributed by atoms with E-state index in [2.05, 4.69) is 10.0 Å². The van der Waals surface area contributed by atoms with Crippen molar-refractivity contribution in [1.82, 2.24) is 14.9 Å². The standard InChI is InChI=1S/C33H37N3O6S/c1-3-35-43(39,40)30-18-13-25(14-19-30)15-20-32(37)36(24-27-11-16-28(41-2)17-12-27)31(22-26-8-5-4-6-9-26)33(38)34-23-29-10-7-21-42-29/h4-14,16-19,21,31,35H,3,15,20,22-24H2,1-2H3,(H,34,38)/t31-/m1/s1. The highest BCUT2D eigenvalue weighted by atomic mass is 32.2. The number of hydrogen-bond acceptors (Lipinski definition) is 6. The van der Waals surface area contributed by atoms with Crippen molar-refractivity contribution in [3.8, 4) is 5.75 Å². The number of nitrogens with zero attached hydrogens (tertiary/aromatic N) is 1. The molecule has 0 saturated carbocycles. The van der Waals surface area contributed by atoms with Gasteiger partial charge in [-0.2, -0.15) is 0 Å². The number of benzene rings is 3. The Morgan fingerprint density at radius 2 is 1.58 bits per heavy atom. The van der Waals surface area contributed by atoms with Gasteiger partial charge in [0, 0.05) is 25.9 Å². The molecule has 1 atom stereocenters. The SMILES string of the molecule is CCNS(=O)(=O)c1ccc(CCC(=O)N(Cc2ccc(OC)cc2)[C@H](Cc2ccccc2)C(=O)NCc2ccco2)cc1. The van der Waals surface area contributed by atoms with Gasteiger partial charge in [-0.15, -0.1) is 0 Å². The predicted molar refractivity (Wildman–Crippen MR) is 164 cm³/mol. The number of carbonyl (C=O) groups excluding carboxylic acids is 2. The Morgan fingerprint density at radius 1 is 0.884 bits per heavy atom. The van der Waals surface area contributed by atoms with Gasteiger partial charge in [0.05, 0.1) is 24.8 Å². The first-order valence-corrected chi connectivity index (χ1v) is 15.6. The molecular formula is C33H37N3O6S. The third kappa shape index (κ3) is 9.04. The molecule has 0 aliphatic rings. The molecule has 1 aromatic heterocycles. The van der Waals surface area contributed by atoms with Crippen molar-refractivity contribution in [1.29, 1.82) is 0 Å². The molecule has 4 aromatic rings. The first kappa shape index (κ1) is 31.5. The van der Waals surface area contributed by atoms with Crippen LogP contribution in [-0.2, 0) is 45.5 Å². The molecule has 0 aliphatic heterocycles. The third-order valence-corrected chi connectivity index (χ3v) is 8.56. The van der Waals surface area contributed by atoms with Gasteiger partial charge in [-0.3, -0.25) is 9.59 Å². The summed E-state index contributed by atoms with van der Waals surface area (Å²) >= 11 is 0. The minimum Gasteiger partial charge on any atom is -0.497 e. The second-order valence-corrected chi connectivity index (χ2v) is 11.8. The number of hydrogen-bond donors (Lipinski definition) is 2. The van der Waals surface area contributed by atoms with Gasteiger partial charge in [-0.1, -0.05) is 61.5 Å². The molecule has 2 N–H and O–H groups in total. The molecule has 10 heteroatoms. The number of aryl methyl sites for hydroxylation is 1. The lowest BCUT2D eigenvalue weighted by molar-refractivity contribution is -0.141. The molecular weight excluding hydrogens is 566 g/mol. The second kappa shape index (κ2) is 15.2. The summed E-state index contributed by atoms with van der Waals surface area (Å²) < 4.78 is 37.8. The lowest BCUT2D eigenvalue weighted by Crippen LogP contribution is -2.50. The van der Waals surface area contributed by atoms with Crippen LogP contribution < -0.4 is 14.8 Å². The van der Waals surface area contributed by atoms with Crippen molar-refractivity contribution >= 4 is 21.8 Å². The summed E-state index contributed by atoms with van der Waals surface area (Å²) in [5.41, 5.74) is 2.59. The average molecular weight is 604 g/mol. The van der Waals surface area contributed by atoms with Gasteiger partial charge in [0.25, 0.3) is 0 Å². The van der Waals surface area contributed by atoms with Crippen molar-refractivity contribution in [2.45, 2.75) is 50.2 Å². The van der Waals surface area contributed by atoms with Crippen LogP contribution in [0.25, 0.3) is 0 Å². The number of furan rings is 1. The smallest absolute Gasteiger partial charge is 0.243 e. The largest absolute Gasteiger partial charge is 0.497 e. The van der Waals surface area contributed by atoms with Crippen LogP contribution in [0.1, 0.15) is 35.8 Å². The van der Waals surface area contributed by atoms with Gasteiger partial charge in [0.1, 0.15) is 17.6 Å². The lowest BCUT2D eigenvalue weighted by Gasteiger charge is -2.31. The first-order chi connectivity index (χ1) is 20.8. The average Bonchev–Trinajstić information content (AvgIpc) is 3.55. The van der Waals surface area contributed by atoms with Crippen LogP contribution in [0.5, 0.6) is 5.75 Å². The van der Waals surface area contributed by atoms with Gasteiger partial charge in [0.2, 0.25) is 21.8 Å². The summed E-state index contributed by atoms with van der Waals surface area (Å²) in [4.78, 5) is 29.4. The van der Waals surface area contributed by atoms with Crippen LogP contribution in [0.15, 0.2) is 107 Å². The highest BCUT2D eigenvalue weighted by Gasteiger charge is 2.30. The molecule has 0 radical (unpaired) electrons. The zero-order valence-electron chi connectivity index (χ0n) is 24.4. The van der Waals surface area contributed by atoms with E-state index in [1.165, 1.54) is 12.1 Å². The van der Waals surface area contributed by atoms with Crippen LogP contribution in [0, 0.1) is 0 Å². The van der Waals surface area contributed by atoms with Gasteiger partial charge < -0.3 is 19.4 Å². The summed E-state index contributed by atoms with van der Waals surface area (Å²) in [6.45, 7) is 2.43. The second-order valence-electron chi connectivity index (χ2n) is 10.0. The summed E-state index contributed by atoms with van der Waals surface area (Å²) in [6.07, 6.45) is 2.38.